The summed E-state index contributed by atoms with van der Waals surface area (Å²) in [6.07, 6.45) is 2.64. The molecule has 0 bridgehead atoms. The Morgan fingerprint density at radius 2 is 2.03 bits per heavy atom. The topological polar surface area (TPSA) is 102 Å². The molecule has 2 rings (SSSR count). The van der Waals surface area contributed by atoms with E-state index in [-0.39, 0.29) is 22.5 Å². The normalized spacial score (nSPS) is 18.8. The first-order chi connectivity index (χ1) is 13.7. The van der Waals surface area contributed by atoms with Gasteiger partial charge in [0.2, 0.25) is 10.0 Å². The number of esters is 1. The number of aryl methyl sites for hydroxylation is 1. The number of nitrogens with zero attached hydrogens (tertiary/aromatic N) is 1. The van der Waals surface area contributed by atoms with E-state index in [1.54, 1.807) is 19.9 Å². The second-order valence-electron chi connectivity index (χ2n) is 7.44. The number of hydrogen-bond donors (Lipinski definition) is 1. The monoisotopic (exact) mass is 426 g/mol. The zero-order valence-electron chi connectivity index (χ0n) is 17.4. The molecule has 1 N–H and O–H groups in total. The van der Waals surface area contributed by atoms with Crippen molar-refractivity contribution >= 4 is 21.9 Å². The molecule has 29 heavy (non-hydrogen) atoms. The molecule has 1 aliphatic rings. The van der Waals surface area contributed by atoms with Gasteiger partial charge in [-0.25, -0.2) is 13.2 Å². The van der Waals surface area contributed by atoms with Crippen LogP contribution >= 0.6 is 0 Å². The number of carbonyl (C=O) groups is 2. The molecule has 9 heteroatoms. The molecule has 1 saturated heterocycles. The van der Waals surface area contributed by atoms with Crippen molar-refractivity contribution in [3.63, 3.8) is 0 Å². The van der Waals surface area contributed by atoms with Crippen LogP contribution in [0.25, 0.3) is 0 Å². The Bertz CT molecular complexity index is 839. The molecular formula is C20H30N2O6S. The van der Waals surface area contributed by atoms with Gasteiger partial charge in [0.15, 0.2) is 6.61 Å². The van der Waals surface area contributed by atoms with Crippen molar-refractivity contribution in [2.45, 2.75) is 57.0 Å². The summed E-state index contributed by atoms with van der Waals surface area (Å²) in [5, 5.41) is 2.64. The third-order valence-electron chi connectivity index (χ3n) is 4.94. The molecule has 0 aromatic heterocycles. The lowest BCUT2D eigenvalue weighted by Crippen LogP contribution is -2.42. The van der Waals surface area contributed by atoms with Crippen LogP contribution in [0.4, 0.5) is 0 Å². The van der Waals surface area contributed by atoms with Crippen LogP contribution in [0, 0.1) is 6.92 Å². The van der Waals surface area contributed by atoms with Crippen molar-refractivity contribution in [1.82, 2.24) is 9.62 Å². The van der Waals surface area contributed by atoms with Crippen molar-refractivity contribution in [2.75, 3.05) is 26.9 Å². The van der Waals surface area contributed by atoms with Crippen LogP contribution in [-0.4, -0.2) is 63.6 Å². The number of sulfonamides is 1. The van der Waals surface area contributed by atoms with Gasteiger partial charge in [0.1, 0.15) is 0 Å². The minimum Gasteiger partial charge on any atom is -0.452 e. The highest BCUT2D eigenvalue weighted by Gasteiger charge is 2.31. The highest BCUT2D eigenvalue weighted by atomic mass is 32.2. The van der Waals surface area contributed by atoms with Gasteiger partial charge in [-0.2, -0.15) is 4.31 Å². The summed E-state index contributed by atoms with van der Waals surface area (Å²) in [6, 6.07) is 4.12. The summed E-state index contributed by atoms with van der Waals surface area (Å²) in [5.74, 6) is -1.19. The van der Waals surface area contributed by atoms with Gasteiger partial charge in [-0.15, -0.1) is 0 Å². The van der Waals surface area contributed by atoms with Crippen molar-refractivity contribution in [2.24, 2.45) is 0 Å². The largest absolute Gasteiger partial charge is 0.452 e. The number of hydrogen-bond acceptors (Lipinski definition) is 6. The van der Waals surface area contributed by atoms with Crippen LogP contribution in [0.1, 0.15) is 49.0 Å². The van der Waals surface area contributed by atoms with Crippen LogP contribution in [-0.2, 0) is 24.3 Å². The Morgan fingerprint density at radius 3 is 2.69 bits per heavy atom. The Morgan fingerprint density at radius 1 is 1.31 bits per heavy atom. The van der Waals surface area contributed by atoms with Crippen molar-refractivity contribution in [3.05, 3.63) is 29.3 Å². The number of piperidine rings is 1. The molecule has 1 aliphatic heterocycles. The second-order valence-corrected chi connectivity index (χ2v) is 9.33. The lowest BCUT2D eigenvalue weighted by Gasteiger charge is -2.32. The molecule has 0 saturated carbocycles. The average molecular weight is 427 g/mol. The van der Waals surface area contributed by atoms with Crippen molar-refractivity contribution in [3.8, 4) is 0 Å². The van der Waals surface area contributed by atoms with Crippen molar-refractivity contribution in [1.29, 1.82) is 0 Å². The Balaban J connectivity index is 2.12. The van der Waals surface area contributed by atoms with Gasteiger partial charge in [0.05, 0.1) is 17.1 Å². The summed E-state index contributed by atoms with van der Waals surface area (Å²) < 4.78 is 37.6. The Labute approximate surface area is 172 Å². The molecule has 0 radical (unpaired) electrons. The standard InChI is InChI=1S/C20H30N2O6S/c1-14-8-9-17(29(25,26)22-10-6-5-7-16(22)3)11-18(14)20(24)28-13-19(23)21-15(2)12-27-4/h8-9,11,15-16H,5-7,10,12-13H2,1-4H3,(H,21,23). The van der Waals surface area contributed by atoms with Gasteiger partial charge in [-0.3, -0.25) is 4.79 Å². The fourth-order valence-corrected chi connectivity index (χ4v) is 5.09. The highest BCUT2D eigenvalue weighted by Crippen LogP contribution is 2.26. The molecule has 0 spiro atoms. The van der Waals surface area contributed by atoms with E-state index in [4.69, 9.17) is 9.47 Å². The number of amides is 1. The van der Waals surface area contributed by atoms with Crippen molar-refractivity contribution < 1.29 is 27.5 Å². The van der Waals surface area contributed by atoms with E-state index in [1.807, 2.05) is 6.92 Å². The first-order valence-electron chi connectivity index (χ1n) is 9.74. The lowest BCUT2D eigenvalue weighted by molar-refractivity contribution is -0.125. The third kappa shape index (κ3) is 6.01. The molecule has 0 aliphatic carbocycles. The fourth-order valence-electron chi connectivity index (χ4n) is 3.36. The van der Waals surface area contributed by atoms with Gasteiger partial charge >= 0.3 is 5.97 Å². The molecule has 2 atom stereocenters. The maximum absolute atomic E-state index is 13.0. The van der Waals surface area contributed by atoms with E-state index in [9.17, 15) is 18.0 Å². The number of rotatable bonds is 8. The van der Waals surface area contributed by atoms with Crippen LogP contribution in [0.2, 0.25) is 0 Å². The first kappa shape index (κ1) is 23.3. The average Bonchev–Trinajstić information content (AvgIpc) is 2.66. The summed E-state index contributed by atoms with van der Waals surface area (Å²) in [5.41, 5.74) is 0.710. The molecule has 1 fully saturated rings. The van der Waals surface area contributed by atoms with Crippen LogP contribution in [0.3, 0.4) is 0 Å². The number of methoxy groups -OCH3 is 1. The molecule has 1 aromatic carbocycles. The maximum atomic E-state index is 13.0. The van der Waals surface area contributed by atoms with E-state index in [1.165, 1.54) is 23.5 Å². The Kier molecular flexibility index (Phi) is 8.18. The minimum absolute atomic E-state index is 0.0574. The summed E-state index contributed by atoms with van der Waals surface area (Å²) >= 11 is 0. The van der Waals surface area contributed by atoms with Crippen LogP contribution in [0.5, 0.6) is 0 Å². The van der Waals surface area contributed by atoms with Gasteiger partial charge in [0, 0.05) is 25.7 Å². The second kappa shape index (κ2) is 10.2. The predicted octanol–water partition coefficient (Wildman–Crippen LogP) is 1.87. The Hall–Kier alpha value is -1.97. The van der Waals surface area contributed by atoms with E-state index in [0.717, 1.165) is 19.3 Å². The van der Waals surface area contributed by atoms with E-state index in [0.29, 0.717) is 18.7 Å². The van der Waals surface area contributed by atoms with Gasteiger partial charge < -0.3 is 14.8 Å². The van der Waals surface area contributed by atoms with Crippen LogP contribution in [0.15, 0.2) is 23.1 Å². The smallest absolute Gasteiger partial charge is 0.338 e. The number of ether oxygens (including phenoxy) is 2. The number of benzene rings is 1. The molecule has 1 aromatic rings. The van der Waals surface area contributed by atoms with E-state index >= 15 is 0 Å². The maximum Gasteiger partial charge on any atom is 0.338 e. The van der Waals surface area contributed by atoms with E-state index in [2.05, 4.69) is 5.32 Å². The predicted molar refractivity (Wildman–Crippen MR) is 108 cm³/mol. The SMILES string of the molecule is COCC(C)NC(=O)COC(=O)c1cc(S(=O)(=O)N2CCCCC2C)ccc1C. The van der Waals surface area contributed by atoms with Gasteiger partial charge in [-0.05, 0) is 51.3 Å². The molecular weight excluding hydrogens is 396 g/mol. The molecule has 8 nitrogen and oxygen atoms in total. The lowest BCUT2D eigenvalue weighted by atomic mass is 10.1. The van der Waals surface area contributed by atoms with Gasteiger partial charge in [0.25, 0.3) is 5.91 Å². The van der Waals surface area contributed by atoms with Crippen LogP contribution < -0.4 is 5.32 Å². The minimum atomic E-state index is -3.71. The number of carbonyl (C=O) groups excluding carboxylic acids is 2. The van der Waals surface area contributed by atoms with Gasteiger partial charge in [-0.1, -0.05) is 12.5 Å². The summed E-state index contributed by atoms with van der Waals surface area (Å²) in [4.78, 5) is 24.4. The highest BCUT2D eigenvalue weighted by molar-refractivity contribution is 7.89. The zero-order valence-corrected chi connectivity index (χ0v) is 18.3. The molecule has 1 heterocycles. The molecule has 162 valence electrons. The molecule has 2 unspecified atom stereocenters. The van der Waals surface area contributed by atoms with E-state index < -0.39 is 28.5 Å². The summed E-state index contributed by atoms with van der Waals surface area (Å²) in [6.45, 7) is 5.71. The molecule has 1 amide bonds. The fraction of sp³-hybridized carbons (Fsp3) is 0.600. The first-order valence-corrected chi connectivity index (χ1v) is 11.2. The zero-order chi connectivity index (χ0) is 21.6. The number of nitrogens with one attached hydrogen (secondary N) is 1. The summed E-state index contributed by atoms with van der Waals surface area (Å²) in [7, 11) is -2.18. The third-order valence-corrected chi connectivity index (χ3v) is 6.95. The quantitative estimate of drug-likeness (QED) is 0.637.